The van der Waals surface area contributed by atoms with Gasteiger partial charge in [-0.15, -0.1) is 0 Å². The van der Waals surface area contributed by atoms with E-state index in [1.54, 1.807) is 20.4 Å². The van der Waals surface area contributed by atoms with E-state index < -0.39 is 9.84 Å². The lowest BCUT2D eigenvalue weighted by Crippen LogP contribution is -2.47. The predicted molar refractivity (Wildman–Crippen MR) is 112 cm³/mol. The van der Waals surface area contributed by atoms with Crippen LogP contribution >= 0.6 is 0 Å². The van der Waals surface area contributed by atoms with Crippen LogP contribution < -0.4 is 0 Å². The minimum absolute atomic E-state index is 0.259. The van der Waals surface area contributed by atoms with Crippen LogP contribution in [-0.4, -0.2) is 93.2 Å². The number of methoxy groups -OCH3 is 2. The van der Waals surface area contributed by atoms with Gasteiger partial charge in [-0.3, -0.25) is 9.80 Å². The van der Waals surface area contributed by atoms with Gasteiger partial charge in [0.05, 0.1) is 23.7 Å². The van der Waals surface area contributed by atoms with Gasteiger partial charge in [0.25, 0.3) is 0 Å². The van der Waals surface area contributed by atoms with Gasteiger partial charge < -0.3 is 14.0 Å². The Morgan fingerprint density at radius 3 is 2.31 bits per heavy atom. The number of aromatic nitrogens is 2. The van der Waals surface area contributed by atoms with Crippen LogP contribution in [0.1, 0.15) is 37.8 Å². The van der Waals surface area contributed by atoms with Crippen LogP contribution in [0.5, 0.6) is 0 Å². The van der Waals surface area contributed by atoms with Gasteiger partial charge in [0, 0.05) is 66.6 Å². The highest BCUT2D eigenvalue weighted by atomic mass is 32.2. The molecule has 0 spiro atoms. The molecular formula is C20H36N4O4S. The lowest BCUT2D eigenvalue weighted by Gasteiger charge is -2.34. The first kappa shape index (κ1) is 22.7. The summed E-state index contributed by atoms with van der Waals surface area (Å²) >= 11 is 0. The summed E-state index contributed by atoms with van der Waals surface area (Å²) in [6.45, 7) is 7.64. The standard InChI is InChI=1S/C20H36N4O4S/c1-27-14-5-8-24-18(17-23-11-9-22(10-12-23)13-15-28-2)16-21-20(24)29(25,26)19-6-3-4-7-19/h16,19H,3-15,17H2,1-2H3. The zero-order valence-electron chi connectivity index (χ0n) is 17.9. The van der Waals surface area contributed by atoms with Gasteiger partial charge in [-0.2, -0.15) is 0 Å². The van der Waals surface area contributed by atoms with E-state index in [0.717, 1.165) is 83.7 Å². The molecule has 1 saturated carbocycles. The number of rotatable bonds is 11. The number of hydrogen-bond acceptors (Lipinski definition) is 7. The zero-order valence-corrected chi connectivity index (χ0v) is 18.7. The van der Waals surface area contributed by atoms with Crippen LogP contribution in [0.15, 0.2) is 11.4 Å². The van der Waals surface area contributed by atoms with Gasteiger partial charge in [-0.1, -0.05) is 12.8 Å². The summed E-state index contributed by atoms with van der Waals surface area (Å²) in [5.74, 6) is 0. The Morgan fingerprint density at radius 1 is 1.00 bits per heavy atom. The fraction of sp³-hybridized carbons (Fsp3) is 0.850. The van der Waals surface area contributed by atoms with Crippen molar-refractivity contribution in [3.05, 3.63) is 11.9 Å². The maximum Gasteiger partial charge on any atom is 0.228 e. The van der Waals surface area contributed by atoms with E-state index in [-0.39, 0.29) is 10.4 Å². The van der Waals surface area contributed by atoms with Gasteiger partial charge in [-0.25, -0.2) is 13.4 Å². The third kappa shape index (κ3) is 5.79. The molecule has 29 heavy (non-hydrogen) atoms. The summed E-state index contributed by atoms with van der Waals surface area (Å²) in [6.07, 6.45) is 6.05. The average molecular weight is 429 g/mol. The molecule has 0 bridgehead atoms. The zero-order chi connectivity index (χ0) is 20.7. The van der Waals surface area contributed by atoms with Crippen LogP contribution in [0.3, 0.4) is 0 Å². The molecule has 0 amide bonds. The Morgan fingerprint density at radius 2 is 1.66 bits per heavy atom. The Labute approximate surface area is 175 Å². The van der Waals surface area contributed by atoms with Gasteiger partial charge in [0.15, 0.2) is 0 Å². The molecule has 1 aliphatic carbocycles. The Hall–Kier alpha value is -1.000. The molecule has 1 saturated heterocycles. The second-order valence-corrected chi connectivity index (χ2v) is 10.2. The van der Waals surface area contributed by atoms with Crippen molar-refractivity contribution in [2.75, 3.05) is 60.2 Å². The molecule has 0 atom stereocenters. The first-order chi connectivity index (χ1) is 14.1. The van der Waals surface area contributed by atoms with E-state index in [2.05, 4.69) is 14.8 Å². The molecule has 3 rings (SSSR count). The molecule has 8 nitrogen and oxygen atoms in total. The second-order valence-electron chi connectivity index (χ2n) is 8.09. The molecule has 1 aromatic rings. The van der Waals surface area contributed by atoms with Gasteiger partial charge in [-0.05, 0) is 19.3 Å². The molecule has 166 valence electrons. The summed E-state index contributed by atoms with van der Waals surface area (Å²) in [5, 5.41) is -0.0162. The number of imidazole rings is 1. The first-order valence-electron chi connectivity index (χ1n) is 10.8. The number of nitrogens with zero attached hydrogens (tertiary/aromatic N) is 4. The van der Waals surface area contributed by atoms with E-state index in [1.807, 2.05) is 4.57 Å². The lowest BCUT2D eigenvalue weighted by molar-refractivity contribution is 0.0924. The molecule has 1 aromatic heterocycles. The number of piperazine rings is 1. The lowest BCUT2D eigenvalue weighted by atomic mass is 10.3. The average Bonchev–Trinajstić information content (AvgIpc) is 3.39. The van der Waals surface area contributed by atoms with Crippen LogP contribution in [-0.2, 0) is 32.4 Å². The predicted octanol–water partition coefficient (Wildman–Crippen LogP) is 1.40. The normalized spacial score (nSPS) is 19.9. The van der Waals surface area contributed by atoms with Crippen molar-refractivity contribution in [1.82, 2.24) is 19.4 Å². The number of sulfone groups is 1. The third-order valence-corrected chi connectivity index (χ3v) is 8.27. The maximum atomic E-state index is 13.2. The van der Waals surface area contributed by atoms with E-state index in [9.17, 15) is 8.42 Å². The van der Waals surface area contributed by atoms with Crippen molar-refractivity contribution < 1.29 is 17.9 Å². The highest BCUT2D eigenvalue weighted by Gasteiger charge is 2.34. The van der Waals surface area contributed by atoms with Crippen LogP contribution in [0, 0.1) is 0 Å². The highest BCUT2D eigenvalue weighted by molar-refractivity contribution is 7.91. The first-order valence-corrected chi connectivity index (χ1v) is 12.3. The van der Waals surface area contributed by atoms with Crippen LogP contribution in [0.2, 0.25) is 0 Å². The minimum atomic E-state index is -3.38. The number of ether oxygens (including phenoxy) is 2. The fourth-order valence-corrected chi connectivity index (χ4v) is 6.29. The van der Waals surface area contributed by atoms with Gasteiger partial charge >= 0.3 is 0 Å². The molecule has 0 unspecified atom stereocenters. The van der Waals surface area contributed by atoms with Crippen molar-refractivity contribution in [2.45, 2.75) is 55.6 Å². The molecule has 0 N–H and O–H groups in total. The van der Waals surface area contributed by atoms with Crippen molar-refractivity contribution >= 4 is 9.84 Å². The molecular weight excluding hydrogens is 392 g/mol. The van der Waals surface area contributed by atoms with E-state index in [1.165, 1.54) is 0 Å². The van der Waals surface area contributed by atoms with Crippen molar-refractivity contribution in [2.24, 2.45) is 0 Å². The monoisotopic (exact) mass is 428 g/mol. The smallest absolute Gasteiger partial charge is 0.228 e. The molecule has 2 aliphatic rings. The Bertz CT molecular complexity index is 723. The van der Waals surface area contributed by atoms with Crippen molar-refractivity contribution in [1.29, 1.82) is 0 Å². The molecule has 2 fully saturated rings. The minimum Gasteiger partial charge on any atom is -0.385 e. The molecule has 1 aliphatic heterocycles. The summed E-state index contributed by atoms with van der Waals surface area (Å²) < 4.78 is 38.7. The van der Waals surface area contributed by atoms with E-state index in [4.69, 9.17) is 9.47 Å². The second kappa shape index (κ2) is 10.9. The summed E-state index contributed by atoms with van der Waals surface area (Å²) in [7, 11) is 0.0339. The van der Waals surface area contributed by atoms with Crippen molar-refractivity contribution in [3.63, 3.8) is 0 Å². The largest absolute Gasteiger partial charge is 0.385 e. The Balaban J connectivity index is 1.70. The molecule has 9 heteroatoms. The molecule has 0 aromatic carbocycles. The summed E-state index contributed by atoms with van der Waals surface area (Å²) in [6, 6.07) is 0. The van der Waals surface area contributed by atoms with E-state index in [0.29, 0.717) is 13.2 Å². The van der Waals surface area contributed by atoms with Crippen LogP contribution in [0.4, 0.5) is 0 Å². The van der Waals surface area contributed by atoms with Crippen molar-refractivity contribution in [3.8, 4) is 0 Å². The third-order valence-electron chi connectivity index (χ3n) is 6.09. The maximum absolute atomic E-state index is 13.2. The summed E-state index contributed by atoms with van der Waals surface area (Å²) in [4.78, 5) is 9.21. The molecule has 2 heterocycles. The highest BCUT2D eigenvalue weighted by Crippen LogP contribution is 2.30. The SMILES string of the molecule is COCCCn1c(CN2CCN(CCOC)CC2)cnc1S(=O)(=O)C1CCCC1. The van der Waals surface area contributed by atoms with Crippen LogP contribution in [0.25, 0.3) is 0 Å². The van der Waals surface area contributed by atoms with Gasteiger partial charge in [0.2, 0.25) is 15.0 Å². The topological polar surface area (TPSA) is 76.9 Å². The number of hydrogen-bond donors (Lipinski definition) is 0. The Kier molecular flexibility index (Phi) is 8.49. The van der Waals surface area contributed by atoms with E-state index >= 15 is 0 Å². The van der Waals surface area contributed by atoms with Gasteiger partial charge in [0.1, 0.15) is 0 Å². The fourth-order valence-electron chi connectivity index (χ4n) is 4.32. The molecule has 0 radical (unpaired) electrons. The quantitative estimate of drug-likeness (QED) is 0.493. The summed E-state index contributed by atoms with van der Waals surface area (Å²) in [5.41, 5.74) is 0.989.